The van der Waals surface area contributed by atoms with Crippen molar-refractivity contribution in [1.82, 2.24) is 5.32 Å². The summed E-state index contributed by atoms with van der Waals surface area (Å²) in [5.74, 6) is 2.20. The van der Waals surface area contributed by atoms with Gasteiger partial charge in [-0.15, -0.1) is 11.8 Å². The van der Waals surface area contributed by atoms with E-state index in [0.717, 1.165) is 11.5 Å². The quantitative estimate of drug-likeness (QED) is 0.808. The second kappa shape index (κ2) is 8.78. The van der Waals surface area contributed by atoms with E-state index < -0.39 is 0 Å². The number of thioether (sulfide) groups is 1. The van der Waals surface area contributed by atoms with Gasteiger partial charge < -0.3 is 10.1 Å². The second-order valence-electron chi connectivity index (χ2n) is 5.99. The Morgan fingerprint density at radius 2 is 1.88 bits per heavy atom. The van der Waals surface area contributed by atoms with E-state index in [9.17, 15) is 4.79 Å². The molecule has 0 radical (unpaired) electrons. The number of benzene rings is 2. The van der Waals surface area contributed by atoms with E-state index in [0.29, 0.717) is 5.75 Å². The van der Waals surface area contributed by atoms with Crippen LogP contribution in [0.1, 0.15) is 35.2 Å². The van der Waals surface area contributed by atoms with Crippen LogP contribution in [0.2, 0.25) is 0 Å². The third-order valence-corrected chi connectivity index (χ3v) is 4.93. The Morgan fingerprint density at radius 3 is 2.50 bits per heavy atom. The van der Waals surface area contributed by atoms with Crippen molar-refractivity contribution in [3.63, 3.8) is 0 Å². The van der Waals surface area contributed by atoms with Gasteiger partial charge in [0.05, 0.1) is 18.9 Å². The monoisotopic (exact) mass is 343 g/mol. The van der Waals surface area contributed by atoms with E-state index in [-0.39, 0.29) is 11.9 Å². The van der Waals surface area contributed by atoms with Crippen LogP contribution in [-0.4, -0.2) is 18.8 Å². The zero-order valence-electron chi connectivity index (χ0n) is 14.8. The van der Waals surface area contributed by atoms with Crippen molar-refractivity contribution in [2.75, 3.05) is 12.9 Å². The van der Waals surface area contributed by atoms with E-state index in [1.54, 1.807) is 18.9 Å². The van der Waals surface area contributed by atoms with E-state index in [1.165, 1.54) is 22.3 Å². The Hall–Kier alpha value is -1.94. The molecule has 0 saturated carbocycles. The lowest BCUT2D eigenvalue weighted by molar-refractivity contribution is -0.119. The van der Waals surface area contributed by atoms with Crippen LogP contribution in [0.5, 0.6) is 5.75 Å². The van der Waals surface area contributed by atoms with Gasteiger partial charge in [0.1, 0.15) is 5.75 Å². The number of carbonyl (C=O) groups excluding carboxylic acids is 1. The zero-order chi connectivity index (χ0) is 17.5. The molecule has 1 amide bonds. The van der Waals surface area contributed by atoms with Gasteiger partial charge in [-0.1, -0.05) is 35.9 Å². The highest BCUT2D eigenvalue weighted by Crippen LogP contribution is 2.20. The molecule has 2 aromatic rings. The van der Waals surface area contributed by atoms with Gasteiger partial charge in [-0.2, -0.15) is 0 Å². The van der Waals surface area contributed by atoms with Crippen molar-refractivity contribution < 1.29 is 9.53 Å². The molecule has 4 heteroatoms. The van der Waals surface area contributed by atoms with Crippen LogP contribution in [0.25, 0.3) is 0 Å². The van der Waals surface area contributed by atoms with Crippen LogP contribution >= 0.6 is 11.8 Å². The number of nitrogens with one attached hydrogen (secondary N) is 1. The number of aryl methyl sites for hydroxylation is 2. The molecule has 24 heavy (non-hydrogen) atoms. The molecule has 0 bridgehead atoms. The van der Waals surface area contributed by atoms with Gasteiger partial charge >= 0.3 is 0 Å². The molecule has 2 rings (SSSR count). The minimum absolute atomic E-state index is 0.0275. The van der Waals surface area contributed by atoms with E-state index in [2.05, 4.69) is 37.4 Å². The molecular formula is C20H25NO2S. The average Bonchev–Trinajstić information content (AvgIpc) is 2.55. The normalized spacial score (nSPS) is 11.8. The van der Waals surface area contributed by atoms with Crippen molar-refractivity contribution in [2.45, 2.75) is 32.6 Å². The highest BCUT2D eigenvalue weighted by atomic mass is 32.2. The van der Waals surface area contributed by atoms with Crippen LogP contribution in [0.3, 0.4) is 0 Å². The Bertz CT molecular complexity index is 683. The fraction of sp³-hybridized carbons (Fsp3) is 0.350. The lowest BCUT2D eigenvalue weighted by atomic mass is 10.0. The molecule has 2 aromatic carbocycles. The molecule has 0 aliphatic rings. The summed E-state index contributed by atoms with van der Waals surface area (Å²) in [6.45, 7) is 6.20. The third-order valence-electron chi connectivity index (χ3n) is 3.93. The van der Waals surface area contributed by atoms with E-state index in [4.69, 9.17) is 4.74 Å². The summed E-state index contributed by atoms with van der Waals surface area (Å²) in [6.07, 6.45) is 0. The molecule has 0 aromatic heterocycles. The largest absolute Gasteiger partial charge is 0.497 e. The molecule has 0 heterocycles. The number of methoxy groups -OCH3 is 1. The van der Waals surface area contributed by atoms with Crippen LogP contribution in [0.4, 0.5) is 0 Å². The lowest BCUT2D eigenvalue weighted by Gasteiger charge is -2.17. The van der Waals surface area contributed by atoms with Crippen LogP contribution in [-0.2, 0) is 10.5 Å². The first-order chi connectivity index (χ1) is 11.5. The maximum absolute atomic E-state index is 12.1. The number of hydrogen-bond donors (Lipinski definition) is 1. The van der Waals surface area contributed by atoms with Crippen LogP contribution in [0.15, 0.2) is 42.5 Å². The van der Waals surface area contributed by atoms with Crippen LogP contribution < -0.4 is 10.1 Å². The fourth-order valence-corrected chi connectivity index (χ4v) is 3.45. The highest BCUT2D eigenvalue weighted by molar-refractivity contribution is 7.99. The molecule has 128 valence electrons. The molecule has 0 fully saturated rings. The minimum Gasteiger partial charge on any atom is -0.497 e. The summed E-state index contributed by atoms with van der Waals surface area (Å²) in [7, 11) is 1.66. The smallest absolute Gasteiger partial charge is 0.230 e. The summed E-state index contributed by atoms with van der Waals surface area (Å²) in [6, 6.07) is 14.3. The molecule has 0 spiro atoms. The SMILES string of the molecule is COc1ccc(CSCC(=O)N[C@H](C)c2ccc(C)cc2C)cc1. The maximum Gasteiger partial charge on any atom is 0.230 e. The van der Waals surface area contributed by atoms with E-state index >= 15 is 0 Å². The molecule has 3 nitrogen and oxygen atoms in total. The summed E-state index contributed by atoms with van der Waals surface area (Å²) >= 11 is 1.62. The molecule has 1 atom stereocenters. The molecule has 0 aliphatic carbocycles. The molecule has 1 N–H and O–H groups in total. The molecule has 0 aliphatic heterocycles. The number of hydrogen-bond acceptors (Lipinski definition) is 3. The Balaban J connectivity index is 1.79. The average molecular weight is 343 g/mol. The summed E-state index contributed by atoms with van der Waals surface area (Å²) in [4.78, 5) is 12.1. The fourth-order valence-electron chi connectivity index (χ4n) is 2.66. The van der Waals surface area contributed by atoms with Crippen LogP contribution in [0, 0.1) is 13.8 Å². The summed E-state index contributed by atoms with van der Waals surface area (Å²) < 4.78 is 5.14. The lowest BCUT2D eigenvalue weighted by Crippen LogP contribution is -2.28. The maximum atomic E-state index is 12.1. The first-order valence-corrected chi connectivity index (χ1v) is 9.22. The van der Waals surface area contributed by atoms with Crippen molar-refractivity contribution in [1.29, 1.82) is 0 Å². The molecule has 0 saturated heterocycles. The van der Waals surface area contributed by atoms with Gasteiger partial charge in [-0.05, 0) is 49.6 Å². The van der Waals surface area contributed by atoms with Gasteiger partial charge in [-0.3, -0.25) is 4.79 Å². The summed E-state index contributed by atoms with van der Waals surface area (Å²) in [5.41, 5.74) is 4.82. The Morgan fingerprint density at radius 1 is 1.17 bits per heavy atom. The van der Waals surface area contributed by atoms with Gasteiger partial charge in [-0.25, -0.2) is 0 Å². The Kier molecular flexibility index (Phi) is 6.73. The topological polar surface area (TPSA) is 38.3 Å². The standard InChI is InChI=1S/C20H25NO2S/c1-14-5-10-19(15(2)11-14)16(3)21-20(22)13-24-12-17-6-8-18(23-4)9-7-17/h5-11,16H,12-13H2,1-4H3,(H,21,22)/t16-/m1/s1. The van der Waals surface area contributed by atoms with Crippen molar-refractivity contribution in [3.8, 4) is 5.75 Å². The number of ether oxygens (including phenoxy) is 1. The first kappa shape index (κ1) is 18.4. The highest BCUT2D eigenvalue weighted by Gasteiger charge is 2.11. The number of amides is 1. The molecular weight excluding hydrogens is 318 g/mol. The number of rotatable bonds is 7. The zero-order valence-corrected chi connectivity index (χ0v) is 15.6. The summed E-state index contributed by atoms with van der Waals surface area (Å²) in [5, 5.41) is 3.08. The van der Waals surface area contributed by atoms with E-state index in [1.807, 2.05) is 31.2 Å². The van der Waals surface area contributed by atoms with Gasteiger partial charge in [0.2, 0.25) is 5.91 Å². The second-order valence-corrected chi connectivity index (χ2v) is 6.98. The van der Waals surface area contributed by atoms with Crippen molar-refractivity contribution >= 4 is 17.7 Å². The van der Waals surface area contributed by atoms with Crippen molar-refractivity contribution in [2.24, 2.45) is 0 Å². The minimum atomic E-state index is 0.0275. The number of carbonyl (C=O) groups is 1. The van der Waals surface area contributed by atoms with Gasteiger partial charge in [0, 0.05) is 5.75 Å². The van der Waals surface area contributed by atoms with Crippen molar-refractivity contribution in [3.05, 3.63) is 64.7 Å². The predicted molar refractivity (Wildman–Crippen MR) is 102 cm³/mol. The third kappa shape index (κ3) is 5.31. The predicted octanol–water partition coefficient (Wildman–Crippen LogP) is 4.42. The molecule has 0 unspecified atom stereocenters. The Labute approximate surface area is 148 Å². The van der Waals surface area contributed by atoms with Gasteiger partial charge in [0.15, 0.2) is 0 Å². The first-order valence-electron chi connectivity index (χ1n) is 8.07. The van der Waals surface area contributed by atoms with Gasteiger partial charge in [0.25, 0.3) is 0 Å².